The lowest BCUT2D eigenvalue weighted by molar-refractivity contribution is -0.384. The zero-order valence-corrected chi connectivity index (χ0v) is 21.1. The normalized spacial score (nSPS) is 16.6. The summed E-state index contributed by atoms with van der Waals surface area (Å²) in [5.41, 5.74) is 2.78. The van der Waals surface area contributed by atoms with Crippen molar-refractivity contribution in [3.8, 4) is 5.75 Å². The van der Waals surface area contributed by atoms with E-state index in [1.54, 1.807) is 24.3 Å². The summed E-state index contributed by atoms with van der Waals surface area (Å²) in [6, 6.07) is 19.3. The van der Waals surface area contributed by atoms with E-state index in [1.807, 2.05) is 31.2 Å². The first kappa shape index (κ1) is 26.6. The van der Waals surface area contributed by atoms with Crippen molar-refractivity contribution in [3.05, 3.63) is 111 Å². The Balaban J connectivity index is 1.64. The Kier molecular flexibility index (Phi) is 8.18. The number of nitro groups is 1. The maximum absolute atomic E-state index is 13.1. The van der Waals surface area contributed by atoms with Crippen LogP contribution in [0.4, 0.5) is 5.69 Å². The summed E-state index contributed by atoms with van der Waals surface area (Å²) >= 11 is 0. The first-order valence-corrected chi connectivity index (χ1v) is 12.1. The second kappa shape index (κ2) is 11.7. The Hall–Kier alpha value is -4.50. The predicted molar refractivity (Wildman–Crippen MR) is 141 cm³/mol. The molecule has 1 atom stereocenters. The molecule has 1 aliphatic rings. The van der Waals surface area contributed by atoms with E-state index < -0.39 is 22.7 Å². The molecule has 1 aliphatic heterocycles. The van der Waals surface area contributed by atoms with Gasteiger partial charge in [-0.1, -0.05) is 29.8 Å². The number of nitrogens with zero attached hydrogens (tertiary/aromatic N) is 2. The van der Waals surface area contributed by atoms with Gasteiger partial charge in [0.25, 0.3) is 17.4 Å². The number of nitro benzene ring substituents is 1. The van der Waals surface area contributed by atoms with Gasteiger partial charge in [-0.25, -0.2) is 0 Å². The molecular weight excluding hydrogens is 488 g/mol. The number of carbonyl (C=O) groups is 2. The van der Waals surface area contributed by atoms with Crippen molar-refractivity contribution in [2.75, 3.05) is 20.3 Å². The molecule has 38 heavy (non-hydrogen) atoms. The average molecular weight is 517 g/mol. The van der Waals surface area contributed by atoms with Gasteiger partial charge in [0.2, 0.25) is 0 Å². The van der Waals surface area contributed by atoms with Crippen LogP contribution in [0.5, 0.6) is 5.75 Å². The van der Waals surface area contributed by atoms with E-state index in [0.29, 0.717) is 36.5 Å². The molecule has 4 rings (SSSR count). The zero-order valence-electron chi connectivity index (χ0n) is 21.1. The second-order valence-corrected chi connectivity index (χ2v) is 8.99. The number of benzene rings is 3. The molecule has 0 radical (unpaired) electrons. The van der Waals surface area contributed by atoms with Gasteiger partial charge in [-0.15, -0.1) is 0 Å². The number of aliphatic hydroxyl groups is 1. The maximum Gasteiger partial charge on any atom is 0.295 e. The lowest BCUT2D eigenvalue weighted by Crippen LogP contribution is -2.31. The van der Waals surface area contributed by atoms with Crippen LogP contribution < -0.4 is 4.74 Å². The van der Waals surface area contributed by atoms with Gasteiger partial charge in [0.1, 0.15) is 18.1 Å². The minimum Gasteiger partial charge on any atom is -0.507 e. The molecule has 1 saturated heterocycles. The number of rotatable bonds is 10. The van der Waals surface area contributed by atoms with Crippen LogP contribution in [0.2, 0.25) is 0 Å². The molecule has 1 heterocycles. The first-order chi connectivity index (χ1) is 18.3. The molecule has 0 aromatic heterocycles. The van der Waals surface area contributed by atoms with Crippen molar-refractivity contribution in [1.29, 1.82) is 0 Å². The summed E-state index contributed by atoms with van der Waals surface area (Å²) in [5.74, 6) is -1.31. The Labute approximate surface area is 220 Å². The predicted octanol–water partition coefficient (Wildman–Crippen LogP) is 4.94. The van der Waals surface area contributed by atoms with Gasteiger partial charge >= 0.3 is 0 Å². The smallest absolute Gasteiger partial charge is 0.295 e. The fraction of sp³-hybridized carbons (Fsp3) is 0.241. The third-order valence-electron chi connectivity index (χ3n) is 6.32. The maximum atomic E-state index is 13.1. The molecule has 0 aliphatic carbocycles. The number of methoxy groups -OCH3 is 1. The molecule has 0 saturated carbocycles. The summed E-state index contributed by atoms with van der Waals surface area (Å²) in [7, 11) is 1.54. The Morgan fingerprint density at radius 2 is 1.76 bits per heavy atom. The molecule has 1 N–H and O–H groups in total. The van der Waals surface area contributed by atoms with Crippen LogP contribution in [0.1, 0.15) is 34.7 Å². The quantitative estimate of drug-likeness (QED) is 0.101. The largest absolute Gasteiger partial charge is 0.507 e. The lowest BCUT2D eigenvalue weighted by atomic mass is 9.95. The zero-order chi connectivity index (χ0) is 27.2. The fourth-order valence-corrected chi connectivity index (χ4v) is 4.45. The van der Waals surface area contributed by atoms with Crippen molar-refractivity contribution in [3.63, 3.8) is 0 Å². The van der Waals surface area contributed by atoms with E-state index in [2.05, 4.69) is 0 Å². The van der Waals surface area contributed by atoms with Gasteiger partial charge in [-0.05, 0) is 60.9 Å². The van der Waals surface area contributed by atoms with Crippen LogP contribution in [0.3, 0.4) is 0 Å². The van der Waals surface area contributed by atoms with Crippen molar-refractivity contribution in [1.82, 2.24) is 4.90 Å². The number of likely N-dealkylation sites (tertiary alicyclic amines) is 1. The highest BCUT2D eigenvalue weighted by molar-refractivity contribution is 6.46. The summed E-state index contributed by atoms with van der Waals surface area (Å²) in [5, 5.41) is 22.3. The van der Waals surface area contributed by atoms with Crippen LogP contribution in [0.25, 0.3) is 5.76 Å². The Morgan fingerprint density at radius 3 is 2.39 bits per heavy atom. The number of Topliss-reactive ketones (excluding diaryl/α,β-unsaturated/α-hetero) is 1. The summed E-state index contributed by atoms with van der Waals surface area (Å²) in [6.45, 7) is 2.97. The highest BCUT2D eigenvalue weighted by Gasteiger charge is 2.45. The number of hydrogen-bond donors (Lipinski definition) is 1. The van der Waals surface area contributed by atoms with Gasteiger partial charge in [-0.2, -0.15) is 0 Å². The van der Waals surface area contributed by atoms with Crippen molar-refractivity contribution in [2.45, 2.75) is 26.0 Å². The molecule has 0 bridgehead atoms. The molecule has 3 aromatic carbocycles. The molecule has 0 unspecified atom stereocenters. The molecule has 9 nitrogen and oxygen atoms in total. The highest BCUT2D eigenvalue weighted by Crippen LogP contribution is 2.40. The number of carbonyl (C=O) groups excluding carboxylic acids is 2. The van der Waals surface area contributed by atoms with Crippen molar-refractivity contribution < 1.29 is 29.1 Å². The molecular formula is C29H28N2O7. The van der Waals surface area contributed by atoms with Gasteiger partial charge < -0.3 is 19.5 Å². The van der Waals surface area contributed by atoms with E-state index in [4.69, 9.17) is 9.47 Å². The number of aryl methyl sites for hydroxylation is 1. The van der Waals surface area contributed by atoms with E-state index in [9.17, 15) is 24.8 Å². The summed E-state index contributed by atoms with van der Waals surface area (Å²) < 4.78 is 10.9. The first-order valence-electron chi connectivity index (χ1n) is 12.1. The summed E-state index contributed by atoms with van der Waals surface area (Å²) in [4.78, 5) is 38.0. The fourth-order valence-electron chi connectivity index (χ4n) is 4.45. The number of non-ortho nitro benzene ring substituents is 1. The lowest BCUT2D eigenvalue weighted by Gasteiger charge is -2.25. The molecule has 1 amide bonds. The van der Waals surface area contributed by atoms with E-state index in [-0.39, 0.29) is 23.6 Å². The number of amides is 1. The third-order valence-corrected chi connectivity index (χ3v) is 6.32. The van der Waals surface area contributed by atoms with Crippen LogP contribution in [-0.2, 0) is 20.9 Å². The van der Waals surface area contributed by atoms with Crippen LogP contribution in [-0.4, -0.2) is 46.9 Å². The number of hydrogen-bond acceptors (Lipinski definition) is 7. The number of ketones is 1. The van der Waals surface area contributed by atoms with Crippen molar-refractivity contribution >= 4 is 23.1 Å². The minimum atomic E-state index is -0.898. The van der Waals surface area contributed by atoms with Crippen LogP contribution in [0, 0.1) is 17.0 Å². The van der Waals surface area contributed by atoms with Crippen LogP contribution in [0.15, 0.2) is 78.4 Å². The van der Waals surface area contributed by atoms with Gasteiger partial charge in [0, 0.05) is 38.0 Å². The van der Waals surface area contributed by atoms with E-state index in [0.717, 1.165) is 11.1 Å². The molecule has 0 spiro atoms. The topological polar surface area (TPSA) is 119 Å². The average Bonchev–Trinajstić information content (AvgIpc) is 3.17. The summed E-state index contributed by atoms with van der Waals surface area (Å²) in [6.07, 6.45) is 0.472. The molecule has 9 heteroatoms. The number of aliphatic hydroxyl groups excluding tert-OH is 1. The monoisotopic (exact) mass is 516 g/mol. The van der Waals surface area contributed by atoms with E-state index >= 15 is 0 Å². The Bertz CT molecular complexity index is 1360. The third kappa shape index (κ3) is 5.73. The highest BCUT2D eigenvalue weighted by atomic mass is 16.6. The van der Waals surface area contributed by atoms with Gasteiger partial charge in [0.15, 0.2) is 0 Å². The molecule has 196 valence electrons. The Morgan fingerprint density at radius 1 is 1.05 bits per heavy atom. The standard InChI is InChI=1S/C29H28N2O7/c1-19-5-3-6-20(17-19)18-38-24-13-9-22(10-14-24)27(32)25-26(21-7-11-23(12-8-21)31(35)36)30(15-4-16-37-2)29(34)28(25)33/h3,5-14,17,26,32H,4,15-16,18H2,1-2H3/b27-25+/t26-/m0/s1. The molecule has 1 fully saturated rings. The SMILES string of the molecule is COCCCN1C(=O)C(=O)/C(=C(/O)c2ccc(OCc3cccc(C)c3)cc2)[C@@H]1c1ccc([N+](=O)[O-])cc1. The second-order valence-electron chi connectivity index (χ2n) is 8.99. The minimum absolute atomic E-state index is 0.0744. The van der Waals surface area contributed by atoms with Crippen LogP contribution >= 0.6 is 0 Å². The van der Waals surface area contributed by atoms with Gasteiger partial charge in [0.05, 0.1) is 16.5 Å². The van der Waals surface area contributed by atoms with Gasteiger partial charge in [-0.3, -0.25) is 19.7 Å². The number of ether oxygens (including phenoxy) is 2. The van der Waals surface area contributed by atoms with E-state index in [1.165, 1.54) is 36.3 Å². The molecule has 3 aromatic rings. The van der Waals surface area contributed by atoms with Crippen molar-refractivity contribution in [2.24, 2.45) is 0 Å².